The van der Waals surface area contributed by atoms with Gasteiger partial charge in [-0.15, -0.1) is 0 Å². The van der Waals surface area contributed by atoms with Gasteiger partial charge in [0.2, 0.25) is 0 Å². The van der Waals surface area contributed by atoms with E-state index in [-0.39, 0.29) is 18.0 Å². The largest absolute Gasteiger partial charge is 0.481 e. The molecule has 0 aliphatic heterocycles. The lowest BCUT2D eigenvalue weighted by molar-refractivity contribution is -0.127. The summed E-state index contributed by atoms with van der Waals surface area (Å²) < 4.78 is 5.74. The van der Waals surface area contributed by atoms with Gasteiger partial charge in [-0.1, -0.05) is 17.7 Å². The molecular formula is C15H23ClN2O2. The van der Waals surface area contributed by atoms with Crippen molar-refractivity contribution in [3.63, 3.8) is 0 Å². The van der Waals surface area contributed by atoms with Crippen molar-refractivity contribution in [1.29, 1.82) is 0 Å². The van der Waals surface area contributed by atoms with Crippen molar-refractivity contribution in [2.45, 2.75) is 52.3 Å². The molecular weight excluding hydrogens is 276 g/mol. The lowest BCUT2D eigenvalue weighted by atomic mass is 10.1. The highest BCUT2D eigenvalue weighted by Gasteiger charge is 2.18. The molecule has 0 aromatic heterocycles. The molecule has 3 N–H and O–H groups in total. The number of amides is 1. The summed E-state index contributed by atoms with van der Waals surface area (Å²) in [7, 11) is 0. The second-order valence-electron chi connectivity index (χ2n) is 5.32. The van der Waals surface area contributed by atoms with Crippen LogP contribution in [0.2, 0.25) is 5.02 Å². The highest BCUT2D eigenvalue weighted by atomic mass is 35.5. The molecule has 0 saturated carbocycles. The Bertz CT molecular complexity index is 461. The summed E-state index contributed by atoms with van der Waals surface area (Å²) in [5.41, 5.74) is 6.67. The van der Waals surface area contributed by atoms with E-state index in [9.17, 15) is 4.79 Å². The lowest BCUT2D eigenvalue weighted by Crippen LogP contribution is -2.40. The number of hydrogen-bond donors (Lipinski definition) is 2. The van der Waals surface area contributed by atoms with Gasteiger partial charge >= 0.3 is 0 Å². The maximum Gasteiger partial charge on any atom is 0.260 e. The molecule has 0 aliphatic carbocycles. The number of halogens is 1. The lowest BCUT2D eigenvalue weighted by Gasteiger charge is -2.19. The molecule has 1 aromatic rings. The summed E-state index contributed by atoms with van der Waals surface area (Å²) in [6.45, 7) is 7.44. The third kappa shape index (κ3) is 5.02. The molecule has 112 valence electrons. The van der Waals surface area contributed by atoms with Crippen LogP contribution in [-0.4, -0.2) is 24.1 Å². The maximum absolute atomic E-state index is 11.9. The van der Waals surface area contributed by atoms with E-state index in [0.29, 0.717) is 17.2 Å². The second kappa shape index (κ2) is 7.50. The smallest absolute Gasteiger partial charge is 0.260 e. The predicted octanol–water partition coefficient (Wildman–Crippen LogP) is 2.52. The molecule has 1 aromatic carbocycles. The van der Waals surface area contributed by atoms with Gasteiger partial charge in [0.25, 0.3) is 5.91 Å². The Kier molecular flexibility index (Phi) is 6.30. The van der Waals surface area contributed by atoms with Crippen molar-refractivity contribution in [3.8, 4) is 5.75 Å². The molecule has 0 aliphatic rings. The quantitative estimate of drug-likeness (QED) is 0.848. The number of carbonyl (C=O) groups is 1. The van der Waals surface area contributed by atoms with Crippen LogP contribution in [0.4, 0.5) is 0 Å². The molecule has 2 atom stereocenters. The SMILES string of the molecule is CC(N)Cc1c(Cl)cccc1OC(C)C(=O)NC(C)C. The predicted molar refractivity (Wildman–Crippen MR) is 82.2 cm³/mol. The van der Waals surface area contributed by atoms with E-state index in [1.54, 1.807) is 19.1 Å². The average Bonchev–Trinajstić information content (AvgIpc) is 2.32. The van der Waals surface area contributed by atoms with E-state index in [4.69, 9.17) is 22.1 Å². The highest BCUT2D eigenvalue weighted by Crippen LogP contribution is 2.28. The van der Waals surface area contributed by atoms with E-state index >= 15 is 0 Å². The summed E-state index contributed by atoms with van der Waals surface area (Å²) in [6.07, 6.45) is 0.0239. The van der Waals surface area contributed by atoms with E-state index < -0.39 is 6.10 Å². The number of carbonyl (C=O) groups excluding carboxylic acids is 1. The summed E-state index contributed by atoms with van der Waals surface area (Å²) in [5.74, 6) is 0.466. The normalized spacial score (nSPS) is 13.9. The summed E-state index contributed by atoms with van der Waals surface area (Å²) in [5, 5.41) is 3.42. The van der Waals surface area contributed by atoms with Gasteiger partial charge in [-0.3, -0.25) is 4.79 Å². The van der Waals surface area contributed by atoms with Gasteiger partial charge < -0.3 is 15.8 Å². The van der Waals surface area contributed by atoms with Crippen molar-refractivity contribution in [1.82, 2.24) is 5.32 Å². The third-order valence-electron chi connectivity index (χ3n) is 2.71. The van der Waals surface area contributed by atoms with Crippen LogP contribution in [0.25, 0.3) is 0 Å². The Morgan fingerprint density at radius 1 is 1.35 bits per heavy atom. The molecule has 2 unspecified atom stereocenters. The van der Waals surface area contributed by atoms with Gasteiger partial charge in [0, 0.05) is 22.7 Å². The van der Waals surface area contributed by atoms with Crippen LogP contribution < -0.4 is 15.8 Å². The molecule has 0 bridgehead atoms. The molecule has 5 heteroatoms. The first kappa shape index (κ1) is 16.8. The third-order valence-corrected chi connectivity index (χ3v) is 3.06. The van der Waals surface area contributed by atoms with Crippen LogP contribution in [0.5, 0.6) is 5.75 Å². The van der Waals surface area contributed by atoms with Crippen molar-refractivity contribution in [2.75, 3.05) is 0 Å². The van der Waals surface area contributed by atoms with E-state index in [1.165, 1.54) is 0 Å². The van der Waals surface area contributed by atoms with Gasteiger partial charge in [0.1, 0.15) is 5.75 Å². The molecule has 0 radical (unpaired) electrons. The minimum atomic E-state index is -0.581. The van der Waals surface area contributed by atoms with Crippen LogP contribution in [-0.2, 0) is 11.2 Å². The fraction of sp³-hybridized carbons (Fsp3) is 0.533. The van der Waals surface area contributed by atoms with E-state index in [1.807, 2.05) is 26.8 Å². The molecule has 20 heavy (non-hydrogen) atoms. The first-order valence-corrected chi connectivity index (χ1v) is 7.19. The van der Waals surface area contributed by atoms with Gasteiger partial charge in [-0.25, -0.2) is 0 Å². The van der Waals surface area contributed by atoms with Crippen molar-refractivity contribution >= 4 is 17.5 Å². The van der Waals surface area contributed by atoms with Crippen molar-refractivity contribution < 1.29 is 9.53 Å². The van der Waals surface area contributed by atoms with Gasteiger partial charge in [-0.05, 0) is 46.2 Å². The van der Waals surface area contributed by atoms with Crippen LogP contribution in [0.15, 0.2) is 18.2 Å². The fourth-order valence-corrected chi connectivity index (χ4v) is 2.06. The minimum absolute atomic E-state index is 0.0305. The summed E-state index contributed by atoms with van der Waals surface area (Å²) in [6, 6.07) is 5.46. The van der Waals surface area contributed by atoms with E-state index in [0.717, 1.165) is 5.56 Å². The molecule has 0 fully saturated rings. The Morgan fingerprint density at radius 2 is 2.00 bits per heavy atom. The van der Waals surface area contributed by atoms with E-state index in [2.05, 4.69) is 5.32 Å². The number of hydrogen-bond acceptors (Lipinski definition) is 3. The zero-order chi connectivity index (χ0) is 15.3. The first-order chi connectivity index (χ1) is 9.31. The molecule has 4 nitrogen and oxygen atoms in total. The highest BCUT2D eigenvalue weighted by molar-refractivity contribution is 6.31. The zero-order valence-corrected chi connectivity index (χ0v) is 13.2. The molecule has 1 rings (SSSR count). The van der Waals surface area contributed by atoms with Gasteiger partial charge in [0.05, 0.1) is 0 Å². The maximum atomic E-state index is 11.9. The van der Waals surface area contributed by atoms with Crippen LogP contribution >= 0.6 is 11.6 Å². The Morgan fingerprint density at radius 3 is 2.55 bits per heavy atom. The molecule has 0 heterocycles. The van der Waals surface area contributed by atoms with Crippen LogP contribution in [0, 0.1) is 0 Å². The monoisotopic (exact) mass is 298 g/mol. The number of nitrogens with two attached hydrogens (primary N) is 1. The number of benzene rings is 1. The standard InChI is InChI=1S/C15H23ClN2O2/c1-9(2)18-15(19)11(4)20-14-7-5-6-13(16)12(14)8-10(3)17/h5-7,9-11H,8,17H2,1-4H3,(H,18,19). The Hall–Kier alpha value is -1.26. The number of rotatable bonds is 6. The first-order valence-electron chi connectivity index (χ1n) is 6.81. The van der Waals surface area contributed by atoms with Gasteiger partial charge in [0.15, 0.2) is 6.10 Å². The number of ether oxygens (including phenoxy) is 1. The topological polar surface area (TPSA) is 64.3 Å². The molecule has 0 saturated heterocycles. The zero-order valence-electron chi connectivity index (χ0n) is 12.4. The van der Waals surface area contributed by atoms with Crippen LogP contribution in [0.1, 0.15) is 33.3 Å². The summed E-state index contributed by atoms with van der Waals surface area (Å²) in [4.78, 5) is 11.9. The van der Waals surface area contributed by atoms with Gasteiger partial charge in [-0.2, -0.15) is 0 Å². The number of nitrogens with one attached hydrogen (secondary N) is 1. The summed E-state index contributed by atoms with van der Waals surface area (Å²) >= 11 is 6.18. The Balaban J connectivity index is 2.86. The fourth-order valence-electron chi connectivity index (χ4n) is 1.82. The molecule has 1 amide bonds. The van der Waals surface area contributed by atoms with Crippen LogP contribution in [0.3, 0.4) is 0 Å². The Labute approximate surface area is 125 Å². The second-order valence-corrected chi connectivity index (χ2v) is 5.73. The minimum Gasteiger partial charge on any atom is -0.481 e. The average molecular weight is 299 g/mol. The van der Waals surface area contributed by atoms with Crippen molar-refractivity contribution in [3.05, 3.63) is 28.8 Å². The molecule has 0 spiro atoms. The van der Waals surface area contributed by atoms with Crippen molar-refractivity contribution in [2.24, 2.45) is 5.73 Å².